The quantitative estimate of drug-likeness (QED) is 0.674. The Kier molecular flexibility index (Phi) is 6.70. The van der Waals surface area contributed by atoms with E-state index in [-0.39, 0.29) is 30.9 Å². The van der Waals surface area contributed by atoms with Crippen molar-refractivity contribution in [1.29, 1.82) is 0 Å². The molecule has 0 aliphatic rings. The highest BCUT2D eigenvalue weighted by atomic mass is 35.5. The first-order valence-electron chi connectivity index (χ1n) is 8.06. The fourth-order valence-electron chi connectivity index (χ4n) is 2.09. The van der Waals surface area contributed by atoms with Gasteiger partial charge in [0.2, 0.25) is 24.0 Å². The zero-order chi connectivity index (χ0) is 19.5. The lowest BCUT2D eigenvalue weighted by Crippen LogP contribution is -2.11. The second-order valence-corrected chi connectivity index (χ2v) is 11.7. The van der Waals surface area contributed by atoms with Crippen LogP contribution >= 0.6 is 22.9 Å². The molecule has 1 N–H and O–H groups in total. The van der Waals surface area contributed by atoms with E-state index in [9.17, 15) is 16.8 Å². The summed E-state index contributed by atoms with van der Waals surface area (Å²) in [5.41, 5.74) is 0. The minimum absolute atomic E-state index is 0.0132. The lowest BCUT2D eigenvalue weighted by atomic mass is 10.2. The number of nitrogens with one attached hydrogen (secondary N) is 1. The minimum atomic E-state index is -3.97. The van der Waals surface area contributed by atoms with Crippen LogP contribution in [0.15, 0.2) is 38.5 Å². The Balaban J connectivity index is 2.57. The van der Waals surface area contributed by atoms with Gasteiger partial charge in [-0.15, -0.1) is 0 Å². The van der Waals surface area contributed by atoms with E-state index in [1.165, 1.54) is 24.3 Å². The normalized spacial score (nSPS) is 12.5. The van der Waals surface area contributed by atoms with Gasteiger partial charge in [-0.05, 0) is 36.6 Å². The zero-order valence-electron chi connectivity index (χ0n) is 14.7. The summed E-state index contributed by atoms with van der Waals surface area (Å²) in [4.78, 5) is 4.01. The maximum Gasteiger partial charge on any atom is 0.226 e. The molecule has 1 heterocycles. The van der Waals surface area contributed by atoms with Crippen LogP contribution in [-0.2, 0) is 19.7 Å². The van der Waals surface area contributed by atoms with Crippen LogP contribution in [0.3, 0.4) is 0 Å². The van der Waals surface area contributed by atoms with Crippen LogP contribution in [0.4, 0.5) is 5.00 Å². The van der Waals surface area contributed by atoms with Gasteiger partial charge in [0, 0.05) is 11.6 Å². The number of thiazole rings is 1. The van der Waals surface area contributed by atoms with E-state index in [0.29, 0.717) is 18.0 Å². The van der Waals surface area contributed by atoms with Gasteiger partial charge < -0.3 is 5.32 Å². The highest BCUT2D eigenvalue weighted by Gasteiger charge is 2.30. The number of aromatic nitrogens is 1. The predicted molar refractivity (Wildman–Crippen MR) is 105 cm³/mol. The smallest absolute Gasteiger partial charge is 0.226 e. The Labute approximate surface area is 163 Å². The summed E-state index contributed by atoms with van der Waals surface area (Å²) in [7, 11) is -7.59. The Bertz CT molecular complexity index is 965. The van der Waals surface area contributed by atoms with Crippen molar-refractivity contribution in [2.24, 2.45) is 5.92 Å². The average molecular weight is 437 g/mol. The Morgan fingerprint density at radius 3 is 2.31 bits per heavy atom. The number of nitrogens with zero attached hydrogens (tertiary/aromatic N) is 1. The summed E-state index contributed by atoms with van der Waals surface area (Å²) in [6.07, 6.45) is 0.427. The summed E-state index contributed by atoms with van der Waals surface area (Å²) < 4.78 is 50.5. The van der Waals surface area contributed by atoms with Gasteiger partial charge in [-0.3, -0.25) is 0 Å². The van der Waals surface area contributed by atoms with E-state index in [1.807, 2.05) is 13.8 Å². The molecule has 0 bridgehead atoms. The number of rotatable bonds is 8. The number of benzene rings is 1. The highest BCUT2D eigenvalue weighted by molar-refractivity contribution is 7.94. The molecule has 0 amide bonds. The standard InChI is InChI=1S/C16H21ClN2O4S3/c1-4-9-25(20,21)16-19-15(14(24-16)18-10-11(2)3)26(22,23)13-7-5-12(17)6-8-13/h5-8,11,18H,4,9-10H2,1-3H3. The molecule has 144 valence electrons. The van der Waals surface area contributed by atoms with Gasteiger partial charge in [0.1, 0.15) is 5.00 Å². The van der Waals surface area contributed by atoms with Crippen LogP contribution in [0, 0.1) is 5.92 Å². The van der Waals surface area contributed by atoms with Crippen molar-refractivity contribution in [2.75, 3.05) is 17.6 Å². The van der Waals surface area contributed by atoms with Gasteiger partial charge in [0.15, 0.2) is 5.03 Å². The molecule has 0 spiro atoms. The molecule has 0 saturated carbocycles. The molecule has 1 aromatic heterocycles. The van der Waals surface area contributed by atoms with Crippen LogP contribution in [0.2, 0.25) is 5.02 Å². The van der Waals surface area contributed by atoms with Gasteiger partial charge >= 0.3 is 0 Å². The molecule has 26 heavy (non-hydrogen) atoms. The largest absolute Gasteiger partial charge is 0.374 e. The number of anilines is 1. The van der Waals surface area contributed by atoms with E-state index >= 15 is 0 Å². The van der Waals surface area contributed by atoms with Crippen molar-refractivity contribution in [1.82, 2.24) is 4.98 Å². The fourth-order valence-corrected chi connectivity index (χ4v) is 6.58. The van der Waals surface area contributed by atoms with E-state index in [4.69, 9.17) is 11.6 Å². The summed E-state index contributed by atoms with van der Waals surface area (Å²) in [5, 5.41) is 3.41. The average Bonchev–Trinajstić information content (AvgIpc) is 2.99. The number of hydrogen-bond donors (Lipinski definition) is 1. The Morgan fingerprint density at radius 2 is 1.77 bits per heavy atom. The Hall–Kier alpha value is -1.16. The van der Waals surface area contributed by atoms with E-state index in [1.54, 1.807) is 6.92 Å². The lowest BCUT2D eigenvalue weighted by Gasteiger charge is -2.09. The first-order valence-corrected chi connectivity index (χ1v) is 12.4. The number of hydrogen-bond acceptors (Lipinski definition) is 7. The predicted octanol–water partition coefficient (Wildman–Crippen LogP) is 3.88. The van der Waals surface area contributed by atoms with Crippen LogP contribution in [0.25, 0.3) is 0 Å². The third kappa shape index (κ3) is 4.76. The van der Waals surface area contributed by atoms with Crippen molar-refractivity contribution in [2.45, 2.75) is 41.5 Å². The minimum Gasteiger partial charge on any atom is -0.374 e. The zero-order valence-corrected chi connectivity index (χ0v) is 17.9. The molecule has 0 atom stereocenters. The maximum absolute atomic E-state index is 13.0. The molecule has 1 aromatic carbocycles. The number of halogens is 1. The summed E-state index contributed by atoms with van der Waals surface area (Å²) in [6, 6.07) is 5.69. The van der Waals surface area contributed by atoms with Gasteiger partial charge in [0.25, 0.3) is 0 Å². The fraction of sp³-hybridized carbons (Fsp3) is 0.438. The van der Waals surface area contributed by atoms with Gasteiger partial charge in [0.05, 0.1) is 10.6 Å². The SMILES string of the molecule is CCCS(=O)(=O)c1nc(S(=O)(=O)c2ccc(Cl)cc2)c(NCC(C)C)s1. The molecule has 0 unspecified atom stereocenters. The summed E-state index contributed by atoms with van der Waals surface area (Å²) >= 11 is 6.68. The molecule has 0 aliphatic carbocycles. The van der Waals surface area contributed by atoms with Gasteiger partial charge in [-0.25, -0.2) is 21.8 Å². The highest BCUT2D eigenvalue weighted by Crippen LogP contribution is 2.35. The maximum atomic E-state index is 13.0. The lowest BCUT2D eigenvalue weighted by molar-refractivity contribution is 0.588. The molecule has 0 aliphatic heterocycles. The van der Waals surface area contributed by atoms with Crippen molar-refractivity contribution in [3.8, 4) is 0 Å². The third-order valence-electron chi connectivity index (χ3n) is 3.36. The molecule has 0 radical (unpaired) electrons. The second kappa shape index (κ2) is 8.24. The third-order valence-corrected chi connectivity index (χ3v) is 8.83. The van der Waals surface area contributed by atoms with Crippen LogP contribution in [-0.4, -0.2) is 34.1 Å². The molecular formula is C16H21ClN2O4S3. The van der Waals surface area contributed by atoms with E-state index in [0.717, 1.165) is 11.3 Å². The molecule has 10 heteroatoms. The van der Waals surface area contributed by atoms with Crippen molar-refractivity contribution < 1.29 is 16.8 Å². The van der Waals surface area contributed by atoms with Crippen LogP contribution in [0.1, 0.15) is 27.2 Å². The van der Waals surface area contributed by atoms with Crippen molar-refractivity contribution in [3.05, 3.63) is 29.3 Å². The number of sulfone groups is 2. The first-order chi connectivity index (χ1) is 12.1. The van der Waals surface area contributed by atoms with E-state index < -0.39 is 19.7 Å². The van der Waals surface area contributed by atoms with Crippen LogP contribution < -0.4 is 5.32 Å². The van der Waals surface area contributed by atoms with Crippen LogP contribution in [0.5, 0.6) is 0 Å². The topological polar surface area (TPSA) is 93.2 Å². The van der Waals surface area contributed by atoms with E-state index in [2.05, 4.69) is 10.3 Å². The van der Waals surface area contributed by atoms with Gasteiger partial charge in [-0.2, -0.15) is 0 Å². The molecule has 6 nitrogen and oxygen atoms in total. The summed E-state index contributed by atoms with van der Waals surface area (Å²) in [6.45, 7) is 6.18. The van der Waals surface area contributed by atoms with Gasteiger partial charge in [-0.1, -0.05) is 43.7 Å². The van der Waals surface area contributed by atoms with Crippen molar-refractivity contribution in [3.63, 3.8) is 0 Å². The molecular weight excluding hydrogens is 416 g/mol. The van der Waals surface area contributed by atoms with Crippen molar-refractivity contribution >= 4 is 47.6 Å². The monoisotopic (exact) mass is 436 g/mol. The Morgan fingerprint density at radius 1 is 1.15 bits per heavy atom. The molecule has 0 saturated heterocycles. The summed E-state index contributed by atoms with van der Waals surface area (Å²) in [5.74, 6) is 0.170. The first kappa shape index (κ1) is 21.1. The molecule has 2 rings (SSSR count). The molecule has 2 aromatic rings. The molecule has 0 fully saturated rings. The second-order valence-electron chi connectivity index (χ2n) is 6.17.